The van der Waals surface area contributed by atoms with Crippen LogP contribution in [-0.4, -0.2) is 76.5 Å². The highest BCUT2D eigenvalue weighted by atomic mass is 16.5. The summed E-state index contributed by atoms with van der Waals surface area (Å²) in [7, 11) is 2.82. The highest BCUT2D eigenvalue weighted by molar-refractivity contribution is 5.96. The maximum Gasteiger partial charge on any atom is 0.331 e. The fourth-order valence-electron chi connectivity index (χ4n) is 3.32. The molecule has 1 aliphatic heterocycles. The summed E-state index contributed by atoms with van der Waals surface area (Å²) in [5.41, 5.74) is 2.05. The Morgan fingerprint density at radius 3 is 2.71 bits per heavy atom. The molecule has 0 radical (unpaired) electrons. The molecule has 1 amide bonds. The lowest BCUT2D eigenvalue weighted by Gasteiger charge is -2.33. The lowest BCUT2D eigenvalue weighted by Crippen LogP contribution is -2.53. The Morgan fingerprint density at radius 2 is 2.03 bits per heavy atom. The number of carbonyl (C=O) groups excluding carboxylic acids is 2. The van der Waals surface area contributed by atoms with Crippen molar-refractivity contribution in [1.82, 2.24) is 24.6 Å². The quantitative estimate of drug-likeness (QED) is 0.566. The number of amides is 1. The fraction of sp³-hybridized carbons (Fsp3) is 0.286. The molecule has 1 saturated heterocycles. The highest BCUT2D eigenvalue weighted by Gasteiger charge is 2.35. The van der Waals surface area contributed by atoms with Crippen molar-refractivity contribution in [3.8, 4) is 23.0 Å². The molecule has 3 aromatic heterocycles. The minimum Gasteiger partial charge on any atom is -0.481 e. The zero-order chi connectivity index (χ0) is 21.8. The first-order valence-electron chi connectivity index (χ1n) is 9.61. The molecule has 0 aromatic carbocycles. The van der Waals surface area contributed by atoms with Gasteiger partial charge in [-0.2, -0.15) is 5.10 Å². The number of hydrogen-bond donors (Lipinski definition) is 0. The average molecular weight is 423 g/mol. The maximum atomic E-state index is 13.3. The van der Waals surface area contributed by atoms with Crippen LogP contribution in [0.5, 0.6) is 5.88 Å². The second-order valence-corrected chi connectivity index (χ2v) is 6.71. The standard InChI is InChI=1S/C21H21N5O5/c1-29-19-7-6-14(12-23-19)26-17(15-5-3-4-8-22-15)11-16(24-26)20(27)25-9-10-31-13-18(25)21(28)30-2/h3-8,11-12,18H,9-10,13H2,1-2H3/t18-/m0/s1. The first kappa shape index (κ1) is 20.5. The minimum absolute atomic E-state index is 0.0780. The third kappa shape index (κ3) is 4.10. The van der Waals surface area contributed by atoms with Crippen molar-refractivity contribution in [2.24, 2.45) is 0 Å². The van der Waals surface area contributed by atoms with Crippen molar-refractivity contribution in [2.45, 2.75) is 6.04 Å². The number of rotatable bonds is 5. The number of ether oxygens (including phenoxy) is 3. The first-order chi connectivity index (χ1) is 15.1. The van der Waals surface area contributed by atoms with Crippen LogP contribution in [0.25, 0.3) is 17.1 Å². The normalized spacial score (nSPS) is 16.1. The van der Waals surface area contributed by atoms with E-state index < -0.39 is 17.9 Å². The van der Waals surface area contributed by atoms with E-state index in [2.05, 4.69) is 15.1 Å². The summed E-state index contributed by atoms with van der Waals surface area (Å²) in [6.07, 6.45) is 3.26. The smallest absolute Gasteiger partial charge is 0.331 e. The molecule has 0 saturated carbocycles. The monoisotopic (exact) mass is 423 g/mol. The maximum absolute atomic E-state index is 13.3. The molecule has 0 aliphatic carbocycles. The molecule has 1 aliphatic rings. The lowest BCUT2D eigenvalue weighted by molar-refractivity contribution is -0.151. The second-order valence-electron chi connectivity index (χ2n) is 6.71. The Balaban J connectivity index is 1.75. The molecule has 0 N–H and O–H groups in total. The average Bonchev–Trinajstić information content (AvgIpc) is 3.29. The number of methoxy groups -OCH3 is 2. The SMILES string of the molecule is COC(=O)[C@@H]1COCCN1C(=O)c1cc(-c2ccccn2)n(-c2ccc(OC)nc2)n1. The number of carbonyl (C=O) groups is 2. The van der Waals surface area contributed by atoms with Gasteiger partial charge in [0.15, 0.2) is 11.7 Å². The largest absolute Gasteiger partial charge is 0.481 e. The van der Waals surface area contributed by atoms with E-state index in [-0.39, 0.29) is 18.8 Å². The number of aromatic nitrogens is 4. The van der Waals surface area contributed by atoms with Crippen molar-refractivity contribution in [3.63, 3.8) is 0 Å². The molecule has 31 heavy (non-hydrogen) atoms. The van der Waals surface area contributed by atoms with Crippen LogP contribution >= 0.6 is 0 Å². The minimum atomic E-state index is -0.822. The van der Waals surface area contributed by atoms with Crippen LogP contribution in [0.3, 0.4) is 0 Å². The van der Waals surface area contributed by atoms with E-state index in [1.54, 1.807) is 41.3 Å². The van der Waals surface area contributed by atoms with Gasteiger partial charge in [0.05, 0.1) is 50.7 Å². The molecule has 160 valence electrons. The van der Waals surface area contributed by atoms with Crippen LogP contribution in [0.2, 0.25) is 0 Å². The Kier molecular flexibility index (Phi) is 5.89. The van der Waals surface area contributed by atoms with Crippen LogP contribution < -0.4 is 4.74 Å². The molecule has 3 aromatic rings. The Hall–Kier alpha value is -3.79. The van der Waals surface area contributed by atoms with Gasteiger partial charge in [-0.25, -0.2) is 14.5 Å². The van der Waals surface area contributed by atoms with Gasteiger partial charge < -0.3 is 19.1 Å². The summed E-state index contributed by atoms with van der Waals surface area (Å²) in [5.74, 6) is -0.464. The topological polar surface area (TPSA) is 109 Å². The van der Waals surface area contributed by atoms with E-state index in [0.717, 1.165) is 0 Å². The molecule has 1 fully saturated rings. The predicted molar refractivity (Wildman–Crippen MR) is 109 cm³/mol. The third-order valence-electron chi connectivity index (χ3n) is 4.89. The summed E-state index contributed by atoms with van der Waals surface area (Å²) in [4.78, 5) is 35.5. The number of pyridine rings is 2. The molecule has 0 bridgehead atoms. The zero-order valence-electron chi connectivity index (χ0n) is 17.1. The molecular weight excluding hydrogens is 402 g/mol. The summed E-state index contributed by atoms with van der Waals surface area (Å²) in [6.45, 7) is 0.665. The van der Waals surface area contributed by atoms with Gasteiger partial charge in [-0.15, -0.1) is 0 Å². The molecule has 10 heteroatoms. The number of nitrogens with zero attached hydrogens (tertiary/aromatic N) is 5. The van der Waals surface area contributed by atoms with E-state index in [4.69, 9.17) is 14.2 Å². The Morgan fingerprint density at radius 1 is 1.16 bits per heavy atom. The molecule has 4 heterocycles. The van der Waals surface area contributed by atoms with E-state index >= 15 is 0 Å². The van der Waals surface area contributed by atoms with E-state index in [0.29, 0.717) is 29.6 Å². The van der Waals surface area contributed by atoms with E-state index in [1.165, 1.54) is 19.1 Å². The summed E-state index contributed by atoms with van der Waals surface area (Å²) >= 11 is 0. The van der Waals surface area contributed by atoms with Crippen LogP contribution in [0.1, 0.15) is 10.5 Å². The van der Waals surface area contributed by atoms with Crippen molar-refractivity contribution >= 4 is 11.9 Å². The third-order valence-corrected chi connectivity index (χ3v) is 4.89. The predicted octanol–water partition coefficient (Wildman–Crippen LogP) is 1.35. The number of morpholine rings is 1. The lowest BCUT2D eigenvalue weighted by atomic mass is 10.2. The van der Waals surface area contributed by atoms with Gasteiger partial charge in [0, 0.05) is 18.8 Å². The summed E-state index contributed by atoms with van der Waals surface area (Å²) < 4.78 is 16.9. The number of hydrogen-bond acceptors (Lipinski definition) is 8. The molecule has 1 atom stereocenters. The van der Waals surface area contributed by atoms with Gasteiger partial charge in [-0.1, -0.05) is 6.07 Å². The van der Waals surface area contributed by atoms with Gasteiger partial charge in [0.1, 0.15) is 0 Å². The van der Waals surface area contributed by atoms with Gasteiger partial charge in [0.2, 0.25) is 5.88 Å². The molecule has 0 unspecified atom stereocenters. The Labute approximate surface area is 178 Å². The van der Waals surface area contributed by atoms with Gasteiger partial charge in [-0.05, 0) is 24.3 Å². The summed E-state index contributed by atoms with van der Waals surface area (Å²) in [6, 6.07) is 9.80. The van der Waals surface area contributed by atoms with Crippen molar-refractivity contribution < 1.29 is 23.8 Å². The van der Waals surface area contributed by atoms with E-state index in [1.807, 2.05) is 12.1 Å². The van der Waals surface area contributed by atoms with Crippen LogP contribution in [0.4, 0.5) is 0 Å². The van der Waals surface area contributed by atoms with E-state index in [9.17, 15) is 9.59 Å². The molecule has 4 rings (SSSR count). The van der Waals surface area contributed by atoms with Crippen molar-refractivity contribution in [1.29, 1.82) is 0 Å². The molecule has 10 nitrogen and oxygen atoms in total. The van der Waals surface area contributed by atoms with Crippen molar-refractivity contribution in [3.05, 3.63) is 54.5 Å². The van der Waals surface area contributed by atoms with Crippen LogP contribution in [-0.2, 0) is 14.3 Å². The fourth-order valence-corrected chi connectivity index (χ4v) is 3.32. The highest BCUT2D eigenvalue weighted by Crippen LogP contribution is 2.24. The number of esters is 1. The van der Waals surface area contributed by atoms with Crippen LogP contribution in [0.15, 0.2) is 48.8 Å². The second kappa shape index (κ2) is 8.92. The Bertz CT molecular complexity index is 1070. The van der Waals surface area contributed by atoms with Crippen molar-refractivity contribution in [2.75, 3.05) is 34.0 Å². The molecular formula is C21H21N5O5. The van der Waals surface area contributed by atoms with Gasteiger partial charge >= 0.3 is 5.97 Å². The summed E-state index contributed by atoms with van der Waals surface area (Å²) in [5, 5.41) is 4.52. The molecule has 0 spiro atoms. The first-order valence-corrected chi connectivity index (χ1v) is 9.61. The van der Waals surface area contributed by atoms with Gasteiger partial charge in [-0.3, -0.25) is 9.78 Å². The zero-order valence-corrected chi connectivity index (χ0v) is 17.1. The van der Waals surface area contributed by atoms with Crippen LogP contribution in [0, 0.1) is 0 Å². The van der Waals surface area contributed by atoms with Gasteiger partial charge in [0.25, 0.3) is 5.91 Å².